The first-order valence-corrected chi connectivity index (χ1v) is 16.9. The number of ketones is 2. The normalized spacial score (nSPS) is 50.2. The molecular formula is C36H46O7Y2-2. The molecule has 0 aromatic rings. The van der Waals surface area contributed by atoms with Crippen LogP contribution in [-0.2, 0) is 98.8 Å². The molecule has 9 aliphatic rings. The van der Waals surface area contributed by atoms with Crippen LogP contribution >= 0.6 is 0 Å². The van der Waals surface area contributed by atoms with Crippen LogP contribution in [0.1, 0.15) is 118 Å². The Morgan fingerprint density at radius 1 is 0.689 bits per heavy atom. The molecule has 10 atom stereocenters. The predicted molar refractivity (Wildman–Crippen MR) is 155 cm³/mol. The predicted octanol–water partition coefficient (Wildman–Crippen LogP) is 6.38. The van der Waals surface area contributed by atoms with E-state index in [0.717, 1.165) is 70.0 Å². The fourth-order valence-electron chi connectivity index (χ4n) is 11.6. The molecule has 0 aromatic heterocycles. The smallest absolute Gasteiger partial charge is 0.315 e. The van der Waals surface area contributed by atoms with Gasteiger partial charge in [0, 0.05) is 108 Å². The number of carbonyl (C=O) groups excluding carboxylic acids is 4. The Balaban J connectivity index is 0.000000152. The van der Waals surface area contributed by atoms with Gasteiger partial charge in [-0.05, 0) is 37.2 Å². The number of Topliss-reactive ketones (excluding diaryl/α,β-unsaturated/α-hetero) is 2. The van der Waals surface area contributed by atoms with E-state index < -0.39 is 5.79 Å². The summed E-state index contributed by atoms with van der Waals surface area (Å²) in [4.78, 5) is 48.8. The number of fused-ring (bicyclic) bond motifs is 6. The van der Waals surface area contributed by atoms with Gasteiger partial charge in [-0.1, -0.05) is 53.4 Å². The van der Waals surface area contributed by atoms with Gasteiger partial charge in [0.25, 0.3) is 0 Å². The van der Waals surface area contributed by atoms with E-state index in [9.17, 15) is 19.2 Å². The number of epoxide rings is 1. The molecule has 9 rings (SSSR count). The molecule has 0 spiro atoms. The van der Waals surface area contributed by atoms with E-state index in [0.29, 0.717) is 31.6 Å². The van der Waals surface area contributed by atoms with E-state index in [1.54, 1.807) is 0 Å². The average molecular weight is 769 g/mol. The first kappa shape index (κ1) is 35.0. The molecule has 9 heteroatoms. The van der Waals surface area contributed by atoms with Crippen LogP contribution in [0.15, 0.2) is 11.3 Å². The van der Waals surface area contributed by atoms with Gasteiger partial charge in [-0.3, -0.25) is 19.2 Å². The molecule has 45 heavy (non-hydrogen) atoms. The van der Waals surface area contributed by atoms with Crippen molar-refractivity contribution in [3.63, 3.8) is 0 Å². The third-order valence-corrected chi connectivity index (χ3v) is 14.5. The van der Waals surface area contributed by atoms with Gasteiger partial charge in [-0.25, -0.2) is 0 Å². The number of ether oxygens (including phenoxy) is 3. The second-order valence-corrected chi connectivity index (χ2v) is 16.4. The molecule has 3 aliphatic heterocycles. The molecule has 240 valence electrons. The van der Waals surface area contributed by atoms with Crippen LogP contribution in [0.25, 0.3) is 0 Å². The van der Waals surface area contributed by atoms with Gasteiger partial charge in [0.15, 0.2) is 0 Å². The summed E-state index contributed by atoms with van der Waals surface area (Å²) >= 11 is 0. The molecular weight excluding hydrogens is 722 g/mol. The maximum absolute atomic E-state index is 12.7. The molecule has 10 unspecified atom stereocenters. The minimum atomic E-state index is -0.699. The van der Waals surface area contributed by atoms with Gasteiger partial charge in [-0.15, -0.1) is 10.8 Å². The van der Waals surface area contributed by atoms with E-state index >= 15 is 0 Å². The molecule has 3 heterocycles. The number of rotatable bonds is 0. The van der Waals surface area contributed by atoms with Crippen LogP contribution < -0.4 is 0 Å². The van der Waals surface area contributed by atoms with Crippen molar-refractivity contribution in [3.8, 4) is 0 Å². The Labute approximate surface area is 318 Å². The summed E-state index contributed by atoms with van der Waals surface area (Å²) in [6, 6.07) is 0. The van der Waals surface area contributed by atoms with Crippen LogP contribution in [0.2, 0.25) is 0 Å². The molecule has 0 amide bonds. The first-order chi connectivity index (χ1) is 20.3. The van der Waals surface area contributed by atoms with Gasteiger partial charge in [0.05, 0.1) is 11.8 Å². The Morgan fingerprint density at radius 3 is 2.11 bits per heavy atom. The summed E-state index contributed by atoms with van der Waals surface area (Å²) < 4.78 is 18.2. The number of hydrogen-bond acceptors (Lipinski definition) is 7. The Bertz CT molecular complexity index is 1380. The van der Waals surface area contributed by atoms with Crippen molar-refractivity contribution in [1.29, 1.82) is 0 Å². The van der Waals surface area contributed by atoms with Crippen LogP contribution in [0.3, 0.4) is 0 Å². The van der Waals surface area contributed by atoms with Crippen molar-refractivity contribution in [3.05, 3.63) is 24.2 Å². The Kier molecular flexibility index (Phi) is 8.84. The second kappa shape index (κ2) is 11.4. The minimum Gasteiger partial charge on any atom is -0.431 e. The van der Waals surface area contributed by atoms with Crippen LogP contribution in [-0.4, -0.2) is 34.9 Å². The van der Waals surface area contributed by atoms with Crippen molar-refractivity contribution in [1.82, 2.24) is 0 Å². The fraction of sp³-hybridized carbons (Fsp3) is 0.778. The zero-order valence-electron chi connectivity index (χ0n) is 27.4. The van der Waals surface area contributed by atoms with Crippen molar-refractivity contribution < 1.29 is 98.8 Å². The van der Waals surface area contributed by atoms with E-state index in [1.807, 2.05) is 0 Å². The average Bonchev–Trinajstić information content (AvgIpc) is 3.23. The number of esters is 2. The maximum atomic E-state index is 12.7. The van der Waals surface area contributed by atoms with Crippen molar-refractivity contribution in [2.45, 2.75) is 129 Å². The maximum Gasteiger partial charge on any atom is 0.315 e. The first-order valence-electron chi connectivity index (χ1n) is 16.9. The molecule has 0 N–H and O–H groups in total. The van der Waals surface area contributed by atoms with Crippen LogP contribution in [0, 0.1) is 58.2 Å². The molecule has 6 aliphatic carbocycles. The van der Waals surface area contributed by atoms with Gasteiger partial charge in [-0.2, -0.15) is 12.8 Å². The van der Waals surface area contributed by atoms with Gasteiger partial charge in [0.1, 0.15) is 22.9 Å². The van der Waals surface area contributed by atoms with Gasteiger partial charge >= 0.3 is 11.9 Å². The molecule has 0 bridgehead atoms. The van der Waals surface area contributed by atoms with Gasteiger partial charge in [0.2, 0.25) is 5.79 Å². The number of hydrogen-bond donors (Lipinski definition) is 0. The van der Waals surface area contributed by atoms with Crippen molar-refractivity contribution >= 4 is 23.5 Å². The second-order valence-electron chi connectivity index (χ2n) is 16.4. The van der Waals surface area contributed by atoms with E-state index in [2.05, 4.69) is 40.5 Å². The number of carbonyl (C=O) groups is 4. The third kappa shape index (κ3) is 4.64. The minimum absolute atomic E-state index is 0. The SMILES string of the molecule is CC12[CH-]CCC1C13OC(=O)C4CC(=O)CCC4(C)C1(CC2)O3.CC12[CH-]CCC1C1=C(CC2)C2(C)CCC(=O)CC2C(=O)O1.[Y].[Y]. The molecule has 0 aromatic carbocycles. The monoisotopic (exact) mass is 768 g/mol. The fourth-order valence-corrected chi connectivity index (χ4v) is 11.6. The summed E-state index contributed by atoms with van der Waals surface area (Å²) in [5.74, 6) is 0.457. The largest absolute Gasteiger partial charge is 0.431 e. The molecule has 7 nitrogen and oxygen atoms in total. The summed E-state index contributed by atoms with van der Waals surface area (Å²) in [6.45, 7) is 8.97. The molecule has 5 saturated carbocycles. The summed E-state index contributed by atoms with van der Waals surface area (Å²) in [7, 11) is 0. The van der Waals surface area contributed by atoms with E-state index in [1.165, 1.54) is 5.57 Å². The van der Waals surface area contributed by atoms with E-state index in [-0.39, 0.29) is 134 Å². The summed E-state index contributed by atoms with van der Waals surface area (Å²) in [5.41, 5.74) is 0.989. The molecule has 2 saturated heterocycles. The quantitative estimate of drug-likeness (QED) is 0.160. The van der Waals surface area contributed by atoms with Crippen molar-refractivity contribution in [2.24, 2.45) is 45.3 Å². The topological polar surface area (TPSA) is 99.3 Å². The van der Waals surface area contributed by atoms with Crippen molar-refractivity contribution in [2.75, 3.05) is 0 Å². The summed E-state index contributed by atoms with van der Waals surface area (Å²) in [5, 5.41) is 0. The Morgan fingerprint density at radius 2 is 1.36 bits per heavy atom. The van der Waals surface area contributed by atoms with E-state index in [4.69, 9.17) is 14.2 Å². The zero-order chi connectivity index (χ0) is 30.2. The standard InChI is InChI=1S/C18H23O4.C18H23O3.2Y/c1-15-6-3-4-13(15)18-17(22-18,9-8-15)16(2)7-5-11(19)10-12(16)14(20)21-18;1-17-7-3-4-12(17)15-13(6-8-17)18(2)9-5-11(19)10-14(18)16(20)21-15;;/h6,12-13H,3-5,7-10H2,1-2H3;7,12,14H,3-6,8-10H2,1-2H3;;/q2*-1;;. The molecule has 7 fully saturated rings. The van der Waals surface area contributed by atoms with Gasteiger partial charge < -0.3 is 27.1 Å². The number of allylic oxidation sites excluding steroid dienone is 2. The Hall–Kier alpha value is 0.188. The third-order valence-electron chi connectivity index (χ3n) is 14.5. The van der Waals surface area contributed by atoms with Crippen LogP contribution in [0.5, 0.6) is 0 Å². The zero-order valence-corrected chi connectivity index (χ0v) is 33.1. The molecule has 2 radical (unpaired) electrons. The van der Waals surface area contributed by atoms with Crippen LogP contribution in [0.4, 0.5) is 0 Å². The summed E-state index contributed by atoms with van der Waals surface area (Å²) in [6.07, 6.45) is 16.9.